The third kappa shape index (κ3) is 5.75. The van der Waals surface area contributed by atoms with E-state index in [1.54, 1.807) is 48.5 Å². The van der Waals surface area contributed by atoms with Crippen LogP contribution in [0.2, 0.25) is 5.02 Å². The minimum Gasteiger partial charge on any atom is -0.491 e. The van der Waals surface area contributed by atoms with Crippen molar-refractivity contribution in [3.63, 3.8) is 0 Å². The van der Waals surface area contributed by atoms with Crippen molar-refractivity contribution in [2.24, 2.45) is 0 Å². The van der Waals surface area contributed by atoms with E-state index in [0.29, 0.717) is 27.7 Å². The second kappa shape index (κ2) is 9.19. The highest BCUT2D eigenvalue weighted by Crippen LogP contribution is 2.21. The van der Waals surface area contributed by atoms with Gasteiger partial charge in [0.15, 0.2) is 0 Å². The molecule has 3 rings (SSSR count). The third-order valence-corrected chi connectivity index (χ3v) is 5.66. The standard InChI is InChI=1S/C22H21ClN2O4S/c1-15(2)29-20-11-3-16(4-12-20)22(26)24-18-9-13-21(14-10-18)30(27,28)25-19-7-5-17(23)6-8-19/h3-15,25H,1-2H3,(H,24,26). The van der Waals surface area contributed by atoms with Gasteiger partial charge in [-0.15, -0.1) is 0 Å². The van der Waals surface area contributed by atoms with Crippen molar-refractivity contribution >= 4 is 38.9 Å². The SMILES string of the molecule is CC(C)Oc1ccc(C(=O)Nc2ccc(S(=O)(=O)Nc3ccc(Cl)cc3)cc2)cc1. The lowest BCUT2D eigenvalue weighted by Crippen LogP contribution is -2.14. The van der Waals surface area contributed by atoms with Gasteiger partial charge in [0, 0.05) is 22.0 Å². The molecule has 3 aromatic rings. The number of carbonyl (C=O) groups is 1. The molecule has 0 saturated carbocycles. The molecule has 0 fully saturated rings. The van der Waals surface area contributed by atoms with Gasteiger partial charge in [0.2, 0.25) is 0 Å². The molecule has 0 spiro atoms. The zero-order valence-corrected chi connectivity index (χ0v) is 18.0. The van der Waals surface area contributed by atoms with Crippen molar-refractivity contribution in [2.45, 2.75) is 24.8 Å². The highest BCUT2D eigenvalue weighted by Gasteiger charge is 2.15. The van der Waals surface area contributed by atoms with Crippen LogP contribution in [-0.4, -0.2) is 20.4 Å². The van der Waals surface area contributed by atoms with Gasteiger partial charge < -0.3 is 10.1 Å². The lowest BCUT2D eigenvalue weighted by atomic mass is 10.2. The number of sulfonamides is 1. The van der Waals surface area contributed by atoms with E-state index in [-0.39, 0.29) is 16.9 Å². The summed E-state index contributed by atoms with van der Waals surface area (Å²) in [5.74, 6) is 0.380. The summed E-state index contributed by atoms with van der Waals surface area (Å²) >= 11 is 5.81. The van der Waals surface area contributed by atoms with E-state index in [4.69, 9.17) is 16.3 Å². The Bertz CT molecular complexity index is 1110. The molecule has 156 valence electrons. The van der Waals surface area contributed by atoms with Crippen LogP contribution >= 0.6 is 11.6 Å². The first-order chi connectivity index (χ1) is 14.2. The van der Waals surface area contributed by atoms with Gasteiger partial charge in [0.05, 0.1) is 11.0 Å². The Labute approximate surface area is 180 Å². The first-order valence-electron chi connectivity index (χ1n) is 9.19. The molecular formula is C22H21ClN2O4S. The zero-order valence-electron chi connectivity index (χ0n) is 16.4. The Balaban J connectivity index is 1.66. The molecule has 0 bridgehead atoms. The van der Waals surface area contributed by atoms with Crippen LogP contribution in [-0.2, 0) is 10.0 Å². The molecule has 0 aliphatic rings. The average Bonchev–Trinajstić information content (AvgIpc) is 2.70. The lowest BCUT2D eigenvalue weighted by molar-refractivity contribution is 0.102. The van der Waals surface area contributed by atoms with Gasteiger partial charge in [-0.2, -0.15) is 0 Å². The second-order valence-electron chi connectivity index (χ2n) is 6.78. The number of hydrogen-bond acceptors (Lipinski definition) is 4. The highest BCUT2D eigenvalue weighted by molar-refractivity contribution is 7.92. The molecule has 3 aromatic carbocycles. The maximum Gasteiger partial charge on any atom is 0.261 e. The largest absolute Gasteiger partial charge is 0.491 e. The summed E-state index contributed by atoms with van der Waals surface area (Å²) in [5.41, 5.74) is 1.35. The second-order valence-corrected chi connectivity index (χ2v) is 8.90. The van der Waals surface area contributed by atoms with E-state index in [2.05, 4.69) is 10.0 Å². The van der Waals surface area contributed by atoms with E-state index in [1.807, 2.05) is 13.8 Å². The van der Waals surface area contributed by atoms with Crippen molar-refractivity contribution in [3.8, 4) is 5.75 Å². The van der Waals surface area contributed by atoms with Crippen molar-refractivity contribution in [1.82, 2.24) is 0 Å². The summed E-state index contributed by atoms with van der Waals surface area (Å²) in [6.07, 6.45) is 0.0497. The van der Waals surface area contributed by atoms with Crippen LogP contribution < -0.4 is 14.8 Å². The molecule has 0 atom stereocenters. The van der Waals surface area contributed by atoms with Gasteiger partial charge in [-0.25, -0.2) is 8.42 Å². The lowest BCUT2D eigenvalue weighted by Gasteiger charge is -2.11. The van der Waals surface area contributed by atoms with E-state index in [0.717, 1.165) is 0 Å². The molecule has 8 heteroatoms. The summed E-state index contributed by atoms with van der Waals surface area (Å²) in [6.45, 7) is 3.85. The van der Waals surface area contributed by atoms with Crippen molar-refractivity contribution in [1.29, 1.82) is 0 Å². The first kappa shape index (κ1) is 21.7. The van der Waals surface area contributed by atoms with Crippen LogP contribution in [0.15, 0.2) is 77.7 Å². The van der Waals surface area contributed by atoms with Crippen molar-refractivity contribution in [3.05, 3.63) is 83.4 Å². The van der Waals surface area contributed by atoms with Crippen molar-refractivity contribution in [2.75, 3.05) is 10.0 Å². The maximum absolute atomic E-state index is 12.5. The number of amides is 1. The quantitative estimate of drug-likeness (QED) is 0.525. The number of ether oxygens (including phenoxy) is 1. The van der Waals surface area contributed by atoms with Gasteiger partial charge in [0.25, 0.3) is 15.9 Å². The summed E-state index contributed by atoms with van der Waals surface area (Å²) in [4.78, 5) is 12.5. The van der Waals surface area contributed by atoms with Crippen LogP contribution in [0.3, 0.4) is 0 Å². The van der Waals surface area contributed by atoms with E-state index >= 15 is 0 Å². The van der Waals surface area contributed by atoms with Crippen LogP contribution in [0.5, 0.6) is 5.75 Å². The molecule has 0 radical (unpaired) electrons. The molecule has 0 saturated heterocycles. The average molecular weight is 445 g/mol. The van der Waals surface area contributed by atoms with Gasteiger partial charge >= 0.3 is 0 Å². The monoisotopic (exact) mass is 444 g/mol. The molecular weight excluding hydrogens is 424 g/mol. The number of nitrogens with one attached hydrogen (secondary N) is 2. The Hall–Kier alpha value is -3.03. The highest BCUT2D eigenvalue weighted by atomic mass is 35.5. The Kier molecular flexibility index (Phi) is 6.64. The van der Waals surface area contributed by atoms with E-state index < -0.39 is 10.0 Å². The Morgan fingerprint density at radius 3 is 2.00 bits per heavy atom. The van der Waals surface area contributed by atoms with Crippen LogP contribution in [0.1, 0.15) is 24.2 Å². The van der Waals surface area contributed by atoms with Gasteiger partial charge in [-0.1, -0.05) is 11.6 Å². The number of carbonyl (C=O) groups excluding carboxylic acids is 1. The third-order valence-electron chi connectivity index (χ3n) is 4.01. The van der Waals surface area contributed by atoms with Crippen LogP contribution in [0, 0.1) is 0 Å². The van der Waals surface area contributed by atoms with Gasteiger partial charge in [-0.3, -0.25) is 9.52 Å². The summed E-state index contributed by atoms with van der Waals surface area (Å²) in [5, 5.41) is 3.26. The molecule has 1 amide bonds. The number of anilines is 2. The van der Waals surface area contributed by atoms with E-state index in [1.165, 1.54) is 24.3 Å². The smallest absolute Gasteiger partial charge is 0.261 e. The molecule has 2 N–H and O–H groups in total. The topological polar surface area (TPSA) is 84.5 Å². The number of halogens is 1. The van der Waals surface area contributed by atoms with Crippen LogP contribution in [0.4, 0.5) is 11.4 Å². The summed E-state index contributed by atoms with van der Waals surface area (Å²) in [6, 6.07) is 19.1. The fraction of sp³-hybridized carbons (Fsp3) is 0.136. The predicted octanol–water partition coefficient (Wildman–Crippen LogP) is 5.18. The first-order valence-corrected chi connectivity index (χ1v) is 11.1. The fourth-order valence-electron chi connectivity index (χ4n) is 2.61. The number of rotatable bonds is 7. The Morgan fingerprint density at radius 2 is 1.43 bits per heavy atom. The predicted molar refractivity (Wildman–Crippen MR) is 119 cm³/mol. The molecule has 0 heterocycles. The summed E-state index contributed by atoms with van der Waals surface area (Å²) in [7, 11) is -3.76. The maximum atomic E-state index is 12.5. The molecule has 6 nitrogen and oxygen atoms in total. The molecule has 0 aliphatic heterocycles. The summed E-state index contributed by atoms with van der Waals surface area (Å²) < 4.78 is 33.1. The number of benzene rings is 3. The fourth-order valence-corrected chi connectivity index (χ4v) is 3.79. The molecule has 30 heavy (non-hydrogen) atoms. The molecule has 0 unspecified atom stereocenters. The minimum absolute atomic E-state index is 0.0497. The molecule has 0 aromatic heterocycles. The molecule has 0 aliphatic carbocycles. The zero-order chi connectivity index (χ0) is 21.7. The minimum atomic E-state index is -3.76. The van der Waals surface area contributed by atoms with E-state index in [9.17, 15) is 13.2 Å². The normalized spacial score (nSPS) is 11.2. The van der Waals surface area contributed by atoms with Crippen molar-refractivity contribution < 1.29 is 17.9 Å². The van der Waals surface area contributed by atoms with Gasteiger partial charge in [-0.05, 0) is 86.6 Å². The van der Waals surface area contributed by atoms with Crippen LogP contribution in [0.25, 0.3) is 0 Å². The number of hydrogen-bond donors (Lipinski definition) is 2. The van der Waals surface area contributed by atoms with Gasteiger partial charge in [0.1, 0.15) is 5.75 Å². The Morgan fingerprint density at radius 1 is 0.867 bits per heavy atom.